The number of amides is 1. The highest BCUT2D eigenvalue weighted by atomic mass is 16.2. The molecule has 0 aromatic heterocycles. The lowest BCUT2D eigenvalue weighted by Crippen LogP contribution is -2.45. The van der Waals surface area contributed by atoms with Crippen LogP contribution in [-0.4, -0.2) is 42.5 Å². The molecule has 1 heterocycles. The van der Waals surface area contributed by atoms with Crippen LogP contribution in [0.15, 0.2) is 0 Å². The van der Waals surface area contributed by atoms with Crippen molar-refractivity contribution in [2.75, 3.05) is 19.6 Å². The van der Waals surface area contributed by atoms with Crippen molar-refractivity contribution in [3.05, 3.63) is 0 Å². The van der Waals surface area contributed by atoms with Crippen LogP contribution in [0.1, 0.15) is 33.6 Å². The van der Waals surface area contributed by atoms with E-state index in [2.05, 4.69) is 24.1 Å². The van der Waals surface area contributed by atoms with Crippen LogP contribution in [0.3, 0.4) is 0 Å². The highest BCUT2D eigenvalue weighted by Crippen LogP contribution is 2.15. The summed E-state index contributed by atoms with van der Waals surface area (Å²) in [5.74, 6) is 0.606. The Morgan fingerprint density at radius 1 is 1.50 bits per heavy atom. The Bertz CT molecular complexity index is 230. The normalized spacial score (nSPS) is 23.7. The molecule has 4 nitrogen and oxygen atoms in total. The van der Waals surface area contributed by atoms with Crippen molar-refractivity contribution in [3.8, 4) is 0 Å². The minimum Gasteiger partial charge on any atom is -0.352 e. The fourth-order valence-electron chi connectivity index (χ4n) is 2.02. The second-order valence-electron chi connectivity index (χ2n) is 5.10. The third-order valence-corrected chi connectivity index (χ3v) is 3.51. The fourth-order valence-corrected chi connectivity index (χ4v) is 2.02. The smallest absolute Gasteiger partial charge is 0.234 e. The summed E-state index contributed by atoms with van der Waals surface area (Å²) in [6, 6.07) is 0.645. The average Bonchev–Trinajstić information content (AvgIpc) is 2.64. The summed E-state index contributed by atoms with van der Waals surface area (Å²) < 4.78 is 0. The first-order valence-corrected chi connectivity index (χ1v) is 6.28. The molecule has 2 atom stereocenters. The molecule has 3 N–H and O–H groups in total. The van der Waals surface area contributed by atoms with Crippen LogP contribution >= 0.6 is 0 Å². The summed E-state index contributed by atoms with van der Waals surface area (Å²) in [6.07, 6.45) is 2.29. The number of rotatable bonds is 5. The molecule has 94 valence electrons. The number of nitrogens with zero attached hydrogens (tertiary/aromatic N) is 1. The summed E-state index contributed by atoms with van der Waals surface area (Å²) in [5, 5.41) is 3.03. The van der Waals surface area contributed by atoms with Crippen molar-refractivity contribution in [1.82, 2.24) is 10.2 Å². The molecule has 1 saturated heterocycles. The monoisotopic (exact) mass is 227 g/mol. The summed E-state index contributed by atoms with van der Waals surface area (Å²) in [7, 11) is 0. The molecule has 0 aliphatic carbocycles. The van der Waals surface area contributed by atoms with Gasteiger partial charge in [0.2, 0.25) is 5.91 Å². The minimum atomic E-state index is 0.126. The molecule has 0 aromatic rings. The van der Waals surface area contributed by atoms with Gasteiger partial charge in [-0.1, -0.05) is 13.8 Å². The van der Waals surface area contributed by atoms with Crippen molar-refractivity contribution in [3.63, 3.8) is 0 Å². The lowest BCUT2D eigenvalue weighted by Gasteiger charge is -2.24. The van der Waals surface area contributed by atoms with Gasteiger partial charge in [0, 0.05) is 18.6 Å². The van der Waals surface area contributed by atoms with Crippen molar-refractivity contribution in [2.45, 2.75) is 45.7 Å². The van der Waals surface area contributed by atoms with Crippen molar-refractivity contribution in [2.24, 2.45) is 11.7 Å². The molecule has 4 heteroatoms. The van der Waals surface area contributed by atoms with Crippen molar-refractivity contribution in [1.29, 1.82) is 0 Å². The second-order valence-corrected chi connectivity index (χ2v) is 5.10. The molecular weight excluding hydrogens is 202 g/mol. The lowest BCUT2D eigenvalue weighted by atomic mass is 10.1. The zero-order chi connectivity index (χ0) is 12.1. The lowest BCUT2D eigenvalue weighted by molar-refractivity contribution is -0.123. The third kappa shape index (κ3) is 3.76. The number of hydrogen-bond donors (Lipinski definition) is 2. The van der Waals surface area contributed by atoms with Gasteiger partial charge in [-0.05, 0) is 32.2 Å². The van der Waals surface area contributed by atoms with Gasteiger partial charge in [-0.15, -0.1) is 0 Å². The molecule has 0 spiro atoms. The Hall–Kier alpha value is -0.610. The van der Waals surface area contributed by atoms with E-state index in [0.717, 1.165) is 19.4 Å². The molecule has 1 aliphatic rings. The van der Waals surface area contributed by atoms with Crippen LogP contribution in [0.5, 0.6) is 0 Å². The Morgan fingerprint density at radius 2 is 2.19 bits per heavy atom. The van der Waals surface area contributed by atoms with Crippen molar-refractivity contribution >= 4 is 5.91 Å². The van der Waals surface area contributed by atoms with E-state index in [0.29, 0.717) is 25.0 Å². The molecule has 0 saturated carbocycles. The van der Waals surface area contributed by atoms with Crippen LogP contribution < -0.4 is 11.1 Å². The third-order valence-electron chi connectivity index (χ3n) is 3.51. The highest BCUT2D eigenvalue weighted by molar-refractivity contribution is 5.78. The molecule has 0 aromatic carbocycles. The minimum absolute atomic E-state index is 0.126. The van der Waals surface area contributed by atoms with Gasteiger partial charge >= 0.3 is 0 Å². The van der Waals surface area contributed by atoms with Gasteiger partial charge in [-0.3, -0.25) is 9.69 Å². The average molecular weight is 227 g/mol. The van der Waals surface area contributed by atoms with Gasteiger partial charge in [-0.2, -0.15) is 0 Å². The maximum atomic E-state index is 11.8. The number of carbonyl (C=O) groups excluding carboxylic acids is 1. The van der Waals surface area contributed by atoms with Gasteiger partial charge in [0.1, 0.15) is 0 Å². The SMILES string of the molecule is CC(C)C(C)NC(=O)CN1CCCC1CN. The molecule has 1 fully saturated rings. The first-order chi connectivity index (χ1) is 7.54. The zero-order valence-electron chi connectivity index (χ0n) is 10.7. The molecule has 0 radical (unpaired) electrons. The molecule has 0 bridgehead atoms. The van der Waals surface area contributed by atoms with Crippen molar-refractivity contribution < 1.29 is 4.79 Å². The van der Waals surface area contributed by atoms with Crippen LogP contribution in [0.4, 0.5) is 0 Å². The van der Waals surface area contributed by atoms with E-state index in [-0.39, 0.29) is 11.9 Å². The maximum absolute atomic E-state index is 11.8. The highest BCUT2D eigenvalue weighted by Gasteiger charge is 2.25. The van der Waals surface area contributed by atoms with E-state index < -0.39 is 0 Å². The number of likely N-dealkylation sites (tertiary alicyclic amines) is 1. The van der Waals surface area contributed by atoms with E-state index in [1.165, 1.54) is 0 Å². The van der Waals surface area contributed by atoms with Crippen LogP contribution in [0, 0.1) is 5.92 Å². The topological polar surface area (TPSA) is 58.4 Å². The number of nitrogens with one attached hydrogen (secondary N) is 1. The molecule has 1 aliphatic heterocycles. The predicted molar refractivity (Wildman–Crippen MR) is 66.1 cm³/mol. The number of carbonyl (C=O) groups is 1. The Labute approximate surface area is 98.6 Å². The summed E-state index contributed by atoms with van der Waals surface area (Å²) in [6.45, 7) is 8.44. The van der Waals surface area contributed by atoms with Crippen LogP contribution in [-0.2, 0) is 4.79 Å². The van der Waals surface area contributed by atoms with Gasteiger partial charge < -0.3 is 11.1 Å². The van der Waals surface area contributed by atoms with E-state index >= 15 is 0 Å². The first-order valence-electron chi connectivity index (χ1n) is 6.28. The van der Waals surface area contributed by atoms with Gasteiger partial charge in [0.15, 0.2) is 0 Å². The number of nitrogens with two attached hydrogens (primary N) is 1. The van der Waals surface area contributed by atoms with E-state index in [1.807, 2.05) is 6.92 Å². The summed E-state index contributed by atoms with van der Waals surface area (Å²) >= 11 is 0. The first kappa shape index (κ1) is 13.5. The van der Waals surface area contributed by atoms with E-state index in [1.54, 1.807) is 0 Å². The standard InChI is InChI=1S/C12H25N3O/c1-9(2)10(3)14-12(16)8-15-6-4-5-11(15)7-13/h9-11H,4-8,13H2,1-3H3,(H,14,16). The fraction of sp³-hybridized carbons (Fsp3) is 0.917. The molecule has 1 rings (SSSR count). The Kier molecular flexibility index (Phi) is 5.22. The quantitative estimate of drug-likeness (QED) is 0.722. The predicted octanol–water partition coefficient (Wildman–Crippen LogP) is 0.570. The molecule has 2 unspecified atom stereocenters. The van der Waals surface area contributed by atoms with Crippen LogP contribution in [0.25, 0.3) is 0 Å². The van der Waals surface area contributed by atoms with Crippen LogP contribution in [0.2, 0.25) is 0 Å². The molecular formula is C12H25N3O. The summed E-state index contributed by atoms with van der Waals surface area (Å²) in [4.78, 5) is 14.0. The Balaban J connectivity index is 2.33. The van der Waals surface area contributed by atoms with Gasteiger partial charge in [0.25, 0.3) is 0 Å². The number of hydrogen-bond acceptors (Lipinski definition) is 3. The van der Waals surface area contributed by atoms with E-state index in [9.17, 15) is 4.79 Å². The molecule has 1 amide bonds. The Morgan fingerprint density at radius 3 is 2.75 bits per heavy atom. The van der Waals surface area contributed by atoms with Gasteiger partial charge in [0.05, 0.1) is 6.54 Å². The molecule has 16 heavy (non-hydrogen) atoms. The second kappa shape index (κ2) is 6.21. The summed E-state index contributed by atoms with van der Waals surface area (Å²) in [5.41, 5.74) is 5.68. The van der Waals surface area contributed by atoms with E-state index in [4.69, 9.17) is 5.73 Å². The maximum Gasteiger partial charge on any atom is 0.234 e. The van der Waals surface area contributed by atoms with Gasteiger partial charge in [-0.25, -0.2) is 0 Å². The zero-order valence-corrected chi connectivity index (χ0v) is 10.7. The largest absolute Gasteiger partial charge is 0.352 e.